The van der Waals surface area contributed by atoms with Crippen LogP contribution in [0.5, 0.6) is 5.75 Å². The lowest BCUT2D eigenvalue weighted by Crippen LogP contribution is -2.37. The number of nitrogens with zero attached hydrogens (tertiary/aromatic N) is 3. The molecule has 0 saturated heterocycles. The summed E-state index contributed by atoms with van der Waals surface area (Å²) in [5.41, 5.74) is 3.89. The summed E-state index contributed by atoms with van der Waals surface area (Å²) >= 11 is 0. The minimum Gasteiger partial charge on any atom is -0.491 e. The van der Waals surface area contributed by atoms with E-state index in [-0.39, 0.29) is 5.41 Å². The van der Waals surface area contributed by atoms with Crippen molar-refractivity contribution >= 4 is 6.09 Å². The van der Waals surface area contributed by atoms with E-state index in [9.17, 15) is 4.79 Å². The topological polar surface area (TPSA) is 108 Å². The summed E-state index contributed by atoms with van der Waals surface area (Å²) in [6.45, 7) is 6.45. The van der Waals surface area contributed by atoms with Crippen LogP contribution in [-0.2, 0) is 4.74 Å². The Balaban J connectivity index is 1.53. The molecule has 0 unspecified atom stereocenters. The molecule has 1 amide bonds. The van der Waals surface area contributed by atoms with Gasteiger partial charge in [-0.25, -0.2) is 4.79 Å². The number of nitrogens with one attached hydrogen (secondary N) is 1. The number of aromatic nitrogens is 1. The largest absolute Gasteiger partial charge is 0.491 e. The molecule has 36 heavy (non-hydrogen) atoms. The van der Waals surface area contributed by atoms with Crippen LogP contribution >= 0.6 is 0 Å². The first-order chi connectivity index (χ1) is 17.2. The number of nitriles is 2. The minimum absolute atomic E-state index is 0.114. The maximum atomic E-state index is 12.0. The molecule has 1 N–H and O–H groups in total. The Bertz CT molecular complexity index is 1320. The van der Waals surface area contributed by atoms with E-state index >= 15 is 0 Å². The van der Waals surface area contributed by atoms with E-state index in [4.69, 9.17) is 25.0 Å². The normalized spacial score (nSPS) is 13.7. The van der Waals surface area contributed by atoms with E-state index < -0.39 is 11.7 Å². The maximum absolute atomic E-state index is 12.0. The third kappa shape index (κ3) is 6.20. The highest BCUT2D eigenvalue weighted by atomic mass is 16.6. The van der Waals surface area contributed by atoms with Gasteiger partial charge in [0.05, 0.1) is 41.8 Å². The van der Waals surface area contributed by atoms with Crippen LogP contribution in [0.3, 0.4) is 0 Å². The standard InChI is InChI=1S/C29H28N4O3/c1-28(2,3)36-27(34)33-18-29(12-13-29)19-35-24-14-25(22-8-4-20(15-30)5-9-22)26(32-17-24)23-10-6-21(16-31)7-11-23/h4-11,14,17H,12-13,18-19H2,1-3H3,(H,33,34). The molecule has 1 heterocycles. The molecule has 0 spiro atoms. The number of alkyl carbamates (subject to hydrolysis) is 1. The molecule has 182 valence electrons. The van der Waals surface area contributed by atoms with Gasteiger partial charge >= 0.3 is 6.09 Å². The highest BCUT2D eigenvalue weighted by Gasteiger charge is 2.44. The number of pyridine rings is 1. The Kier molecular flexibility index (Phi) is 6.94. The van der Waals surface area contributed by atoms with Crippen LogP contribution in [0.1, 0.15) is 44.7 Å². The summed E-state index contributed by atoms with van der Waals surface area (Å²) in [6, 6.07) is 20.8. The number of benzene rings is 2. The lowest BCUT2D eigenvalue weighted by Gasteiger charge is -2.22. The second kappa shape index (κ2) is 10.1. The minimum atomic E-state index is -0.540. The van der Waals surface area contributed by atoms with Crippen molar-refractivity contribution in [3.05, 3.63) is 71.9 Å². The van der Waals surface area contributed by atoms with Gasteiger partial charge in [0.25, 0.3) is 0 Å². The van der Waals surface area contributed by atoms with Crippen molar-refractivity contribution in [2.75, 3.05) is 13.2 Å². The first kappa shape index (κ1) is 24.8. The first-order valence-electron chi connectivity index (χ1n) is 11.8. The fourth-order valence-electron chi connectivity index (χ4n) is 3.76. The second-order valence-electron chi connectivity index (χ2n) is 10.1. The monoisotopic (exact) mass is 480 g/mol. The van der Waals surface area contributed by atoms with E-state index in [2.05, 4.69) is 17.5 Å². The molecule has 2 aromatic carbocycles. The molecule has 0 radical (unpaired) electrons. The van der Waals surface area contributed by atoms with E-state index in [1.54, 1.807) is 30.5 Å². The van der Waals surface area contributed by atoms with Crippen LogP contribution in [0.15, 0.2) is 60.8 Å². The number of carbonyl (C=O) groups is 1. The van der Waals surface area contributed by atoms with Crippen molar-refractivity contribution in [1.82, 2.24) is 10.3 Å². The van der Waals surface area contributed by atoms with Gasteiger partial charge in [0, 0.05) is 23.1 Å². The van der Waals surface area contributed by atoms with Crippen molar-refractivity contribution in [3.63, 3.8) is 0 Å². The molecule has 0 bridgehead atoms. The van der Waals surface area contributed by atoms with Gasteiger partial charge in [0.2, 0.25) is 0 Å². The SMILES string of the molecule is CC(C)(C)OC(=O)NCC1(COc2cnc(-c3ccc(C#N)cc3)c(-c3ccc(C#N)cc3)c2)CC1. The van der Waals surface area contributed by atoms with Crippen LogP contribution in [0, 0.1) is 28.1 Å². The summed E-state index contributed by atoms with van der Waals surface area (Å²) in [5, 5.41) is 21.2. The van der Waals surface area contributed by atoms with Gasteiger partial charge in [-0.1, -0.05) is 24.3 Å². The molecule has 1 fully saturated rings. The summed E-state index contributed by atoms with van der Waals surface area (Å²) in [7, 11) is 0. The fourth-order valence-corrected chi connectivity index (χ4v) is 3.76. The highest BCUT2D eigenvalue weighted by molar-refractivity contribution is 5.82. The van der Waals surface area contributed by atoms with Gasteiger partial charge in [-0.2, -0.15) is 10.5 Å². The smallest absolute Gasteiger partial charge is 0.407 e. The third-order valence-corrected chi connectivity index (χ3v) is 5.98. The van der Waals surface area contributed by atoms with Crippen molar-refractivity contribution in [2.24, 2.45) is 5.41 Å². The fraction of sp³-hybridized carbons (Fsp3) is 0.310. The van der Waals surface area contributed by atoms with Crippen LogP contribution < -0.4 is 10.1 Å². The Morgan fingerprint density at radius 2 is 1.58 bits per heavy atom. The number of ether oxygens (including phenoxy) is 2. The molecule has 1 aromatic heterocycles. The van der Waals surface area contributed by atoms with E-state index in [0.717, 1.165) is 35.2 Å². The summed E-state index contributed by atoms with van der Waals surface area (Å²) < 4.78 is 11.5. The zero-order valence-electron chi connectivity index (χ0n) is 20.7. The Hall–Kier alpha value is -4.36. The van der Waals surface area contributed by atoms with Crippen LogP contribution in [-0.4, -0.2) is 29.8 Å². The summed E-state index contributed by atoms with van der Waals surface area (Å²) in [6.07, 6.45) is 3.19. The number of amides is 1. The van der Waals surface area contributed by atoms with Crippen LogP contribution in [0.2, 0.25) is 0 Å². The van der Waals surface area contributed by atoms with Crippen LogP contribution in [0.25, 0.3) is 22.4 Å². The Labute approximate surface area is 211 Å². The lowest BCUT2D eigenvalue weighted by molar-refractivity contribution is 0.0509. The van der Waals surface area contributed by atoms with Crippen molar-refractivity contribution in [2.45, 2.75) is 39.2 Å². The van der Waals surface area contributed by atoms with Crippen molar-refractivity contribution in [3.8, 4) is 40.3 Å². The summed E-state index contributed by atoms with van der Waals surface area (Å²) in [5.74, 6) is 0.621. The lowest BCUT2D eigenvalue weighted by atomic mass is 9.98. The summed E-state index contributed by atoms with van der Waals surface area (Å²) in [4.78, 5) is 16.7. The zero-order chi connectivity index (χ0) is 25.8. The molecule has 1 aliphatic rings. The van der Waals surface area contributed by atoms with E-state index in [0.29, 0.717) is 30.0 Å². The Morgan fingerprint density at radius 1 is 1.00 bits per heavy atom. The molecule has 3 aromatic rings. The molecule has 1 saturated carbocycles. The van der Waals surface area contributed by atoms with Gasteiger partial charge in [0.1, 0.15) is 11.4 Å². The average molecular weight is 481 g/mol. The maximum Gasteiger partial charge on any atom is 0.407 e. The molecule has 1 aliphatic carbocycles. The zero-order valence-corrected chi connectivity index (χ0v) is 20.7. The predicted molar refractivity (Wildman–Crippen MR) is 136 cm³/mol. The van der Waals surface area contributed by atoms with Gasteiger partial charge < -0.3 is 14.8 Å². The van der Waals surface area contributed by atoms with Crippen molar-refractivity contribution < 1.29 is 14.3 Å². The molecule has 7 nitrogen and oxygen atoms in total. The van der Waals surface area contributed by atoms with Crippen molar-refractivity contribution in [1.29, 1.82) is 10.5 Å². The van der Waals surface area contributed by atoms with E-state index in [1.165, 1.54) is 0 Å². The molecule has 0 aliphatic heterocycles. The molecular formula is C29H28N4O3. The first-order valence-corrected chi connectivity index (χ1v) is 11.8. The Morgan fingerprint density at radius 3 is 2.11 bits per heavy atom. The number of carbonyl (C=O) groups excluding carboxylic acids is 1. The highest BCUT2D eigenvalue weighted by Crippen LogP contribution is 2.45. The quantitative estimate of drug-likeness (QED) is 0.455. The molecule has 4 rings (SSSR count). The number of hydrogen-bond acceptors (Lipinski definition) is 6. The third-order valence-electron chi connectivity index (χ3n) is 5.98. The molecular weight excluding hydrogens is 452 g/mol. The van der Waals surface area contributed by atoms with Gasteiger partial charge in [-0.05, 0) is 69.5 Å². The molecule has 0 atom stereocenters. The van der Waals surface area contributed by atoms with Gasteiger partial charge in [-0.15, -0.1) is 0 Å². The van der Waals surface area contributed by atoms with Gasteiger partial charge in [0.15, 0.2) is 0 Å². The van der Waals surface area contributed by atoms with Crippen LogP contribution in [0.4, 0.5) is 4.79 Å². The molecule has 7 heteroatoms. The number of hydrogen-bond donors (Lipinski definition) is 1. The predicted octanol–water partition coefficient (Wildman–Crippen LogP) is 5.84. The number of rotatable bonds is 7. The van der Waals surface area contributed by atoms with Gasteiger partial charge in [-0.3, -0.25) is 4.98 Å². The second-order valence-corrected chi connectivity index (χ2v) is 10.1. The average Bonchev–Trinajstić information content (AvgIpc) is 3.65. The van der Waals surface area contributed by atoms with E-state index in [1.807, 2.05) is 51.1 Å².